The molecule has 1 amide bonds. The number of halogens is 1. The number of anilines is 5. The third-order valence-corrected chi connectivity index (χ3v) is 10.7. The highest BCUT2D eigenvalue weighted by atomic mass is 19.1. The maximum absolute atomic E-state index is 14.8. The van der Waals surface area contributed by atoms with Gasteiger partial charge in [-0.05, 0) is 73.7 Å². The molecule has 1 atom stereocenters. The van der Waals surface area contributed by atoms with Crippen molar-refractivity contribution in [1.29, 1.82) is 0 Å². The third kappa shape index (κ3) is 7.34. The van der Waals surface area contributed by atoms with Gasteiger partial charge in [0.25, 0.3) is 0 Å². The van der Waals surface area contributed by atoms with Gasteiger partial charge in [0.05, 0.1) is 43.1 Å². The highest BCUT2D eigenvalue weighted by molar-refractivity contribution is 6.02. The van der Waals surface area contributed by atoms with Crippen LogP contribution in [0.2, 0.25) is 0 Å². The lowest BCUT2D eigenvalue weighted by Crippen LogP contribution is -2.53. The van der Waals surface area contributed by atoms with Crippen molar-refractivity contribution in [3.05, 3.63) is 85.2 Å². The summed E-state index contributed by atoms with van der Waals surface area (Å²) in [4.78, 5) is 35.3. The maximum atomic E-state index is 14.8. The molecule has 1 saturated carbocycles. The Morgan fingerprint density at radius 2 is 1.71 bits per heavy atom. The van der Waals surface area contributed by atoms with Crippen LogP contribution in [0.3, 0.4) is 0 Å². The Morgan fingerprint density at radius 1 is 0.942 bits per heavy atom. The van der Waals surface area contributed by atoms with Crippen LogP contribution in [0.4, 0.5) is 33.1 Å². The number of carbonyl (C=O) groups excluding carboxylic acids is 1. The Hall–Kier alpha value is -4.98. The second kappa shape index (κ2) is 14.9. The lowest BCUT2D eigenvalue weighted by Gasteiger charge is -2.43. The van der Waals surface area contributed by atoms with Crippen molar-refractivity contribution in [2.24, 2.45) is 0 Å². The molecule has 0 unspecified atom stereocenters. The van der Waals surface area contributed by atoms with Gasteiger partial charge in [-0.25, -0.2) is 19.4 Å². The molecule has 272 valence electrons. The van der Waals surface area contributed by atoms with Crippen molar-refractivity contribution >= 4 is 34.6 Å². The predicted molar refractivity (Wildman–Crippen MR) is 198 cm³/mol. The molecular formula is C39H45FN8O4. The van der Waals surface area contributed by atoms with E-state index < -0.39 is 0 Å². The number of nitrogens with zero attached hydrogens (tertiary/aromatic N) is 6. The van der Waals surface area contributed by atoms with Crippen LogP contribution in [0, 0.1) is 5.82 Å². The zero-order valence-electron chi connectivity index (χ0n) is 29.5. The number of benzene rings is 2. The average molecular weight is 709 g/mol. The van der Waals surface area contributed by atoms with Crippen molar-refractivity contribution in [1.82, 2.24) is 19.8 Å². The van der Waals surface area contributed by atoms with E-state index in [9.17, 15) is 9.18 Å². The Bertz CT molecular complexity index is 1890. The zero-order chi connectivity index (χ0) is 35.6. The minimum Gasteiger partial charge on any atom is -0.494 e. The lowest BCUT2D eigenvalue weighted by molar-refractivity contribution is -0.111. The van der Waals surface area contributed by atoms with E-state index in [4.69, 9.17) is 14.0 Å². The molecular weight excluding hydrogens is 663 g/mol. The first-order chi connectivity index (χ1) is 25.4. The summed E-state index contributed by atoms with van der Waals surface area (Å²) < 4.78 is 26.2. The van der Waals surface area contributed by atoms with Crippen LogP contribution in [0.1, 0.15) is 43.7 Å². The van der Waals surface area contributed by atoms with E-state index >= 15 is 0 Å². The van der Waals surface area contributed by atoms with Gasteiger partial charge in [-0.2, -0.15) is 0 Å². The number of hydrogen-bond acceptors (Lipinski definition) is 11. The average Bonchev–Trinajstić information content (AvgIpc) is 3.64. The molecule has 52 heavy (non-hydrogen) atoms. The Morgan fingerprint density at radius 3 is 2.40 bits per heavy atom. The quantitative estimate of drug-likeness (QED) is 0.169. The number of rotatable bonds is 11. The molecule has 1 aliphatic carbocycles. The molecule has 8 rings (SSSR count). The molecule has 4 aromatic rings. The highest BCUT2D eigenvalue weighted by Crippen LogP contribution is 2.41. The fourth-order valence-electron chi connectivity index (χ4n) is 7.82. The van der Waals surface area contributed by atoms with Gasteiger partial charge in [-0.15, -0.1) is 0 Å². The van der Waals surface area contributed by atoms with Gasteiger partial charge in [0.2, 0.25) is 5.91 Å². The summed E-state index contributed by atoms with van der Waals surface area (Å²) in [6.07, 6.45) is 9.78. The highest BCUT2D eigenvalue weighted by Gasteiger charge is 2.34. The van der Waals surface area contributed by atoms with Crippen molar-refractivity contribution in [3.63, 3.8) is 0 Å². The van der Waals surface area contributed by atoms with E-state index in [0.29, 0.717) is 59.2 Å². The number of aromatic nitrogens is 2. The smallest absolute Gasteiger partial charge is 0.247 e. The summed E-state index contributed by atoms with van der Waals surface area (Å²) in [6, 6.07) is 15.2. The Labute approximate surface area is 303 Å². The fraction of sp³-hybridized carbons (Fsp3) is 0.410. The second-order valence-electron chi connectivity index (χ2n) is 13.9. The number of amides is 1. The van der Waals surface area contributed by atoms with E-state index in [2.05, 4.69) is 41.9 Å². The molecule has 4 fully saturated rings. The first-order valence-corrected chi connectivity index (χ1v) is 18.2. The number of piperidine rings is 1. The summed E-state index contributed by atoms with van der Waals surface area (Å²) in [5.41, 5.74) is 3.57. The van der Waals surface area contributed by atoms with Crippen LogP contribution >= 0.6 is 0 Å². The van der Waals surface area contributed by atoms with Crippen LogP contribution in [-0.2, 0) is 9.63 Å². The molecule has 0 spiro atoms. The molecule has 3 saturated heterocycles. The monoisotopic (exact) mass is 708 g/mol. The molecule has 4 aliphatic rings. The van der Waals surface area contributed by atoms with Crippen molar-refractivity contribution in [3.8, 4) is 17.1 Å². The molecule has 5 heterocycles. The van der Waals surface area contributed by atoms with E-state index in [0.717, 1.165) is 56.3 Å². The van der Waals surface area contributed by atoms with Crippen molar-refractivity contribution < 1.29 is 23.2 Å². The Kier molecular flexibility index (Phi) is 9.80. The van der Waals surface area contributed by atoms with Gasteiger partial charge in [0.15, 0.2) is 5.82 Å². The summed E-state index contributed by atoms with van der Waals surface area (Å²) in [5, 5.41) is 8.09. The molecule has 2 N–H and O–H groups in total. The number of hydroxylamine groups is 1. The van der Waals surface area contributed by atoms with Crippen LogP contribution in [-0.4, -0.2) is 90.7 Å². The van der Waals surface area contributed by atoms with Crippen molar-refractivity contribution in [2.75, 3.05) is 73.6 Å². The summed E-state index contributed by atoms with van der Waals surface area (Å²) in [5.74, 6) is 1.54. The van der Waals surface area contributed by atoms with E-state index in [1.807, 2.05) is 18.2 Å². The first-order valence-electron chi connectivity index (χ1n) is 18.2. The fourth-order valence-corrected chi connectivity index (χ4v) is 7.82. The minimum absolute atomic E-state index is 0.279. The SMILES string of the molecule is C=CC(=O)Nc1cc(Nc2cc(N3OCC[C@@H]3c3cc(F)cc(-c4ccco4)c3)ncn2)c(OC)cc1N1CCC(N2CCN(C3CC3)CC2)CC1. The van der Waals surface area contributed by atoms with Gasteiger partial charge in [-0.3, -0.25) is 19.4 Å². The maximum Gasteiger partial charge on any atom is 0.247 e. The standard InChI is InChI=1S/C39H45FN8O4/c1-3-39(49)44-31-22-32(36(50-2)23-34(31)47-11-8-30(9-12-47)46-15-13-45(14-16-46)29-6-7-29)43-37-24-38(42-25-41-37)48-33(10-18-52-48)26-19-27(21-28(40)20-26)35-5-4-17-51-35/h3-5,17,19-25,29-30,33H,1,6-16,18H2,2H3,(H,44,49)(H,41,42,43)/t33-/m1/s1. The Balaban J connectivity index is 1.00. The summed E-state index contributed by atoms with van der Waals surface area (Å²) in [6.45, 7) is 10.5. The predicted octanol–water partition coefficient (Wildman–Crippen LogP) is 6.38. The van der Waals surface area contributed by atoms with Crippen LogP contribution in [0.5, 0.6) is 5.75 Å². The van der Waals surface area contributed by atoms with Gasteiger partial charge in [0, 0.05) is 75.5 Å². The third-order valence-electron chi connectivity index (χ3n) is 10.7. The largest absolute Gasteiger partial charge is 0.494 e. The second-order valence-corrected chi connectivity index (χ2v) is 13.9. The van der Waals surface area contributed by atoms with Gasteiger partial charge in [0.1, 0.15) is 29.5 Å². The molecule has 3 aliphatic heterocycles. The van der Waals surface area contributed by atoms with Crippen LogP contribution in [0.15, 0.2) is 78.2 Å². The molecule has 13 heteroatoms. The molecule has 12 nitrogen and oxygen atoms in total. The summed E-state index contributed by atoms with van der Waals surface area (Å²) in [7, 11) is 1.63. The van der Waals surface area contributed by atoms with Crippen molar-refractivity contribution in [2.45, 2.75) is 50.2 Å². The lowest BCUT2D eigenvalue weighted by atomic mass is 10.0. The van der Waals surface area contributed by atoms with E-state index in [1.165, 1.54) is 50.5 Å². The molecule has 0 radical (unpaired) electrons. The number of methoxy groups -OCH3 is 1. The van der Waals surface area contributed by atoms with Gasteiger partial charge >= 0.3 is 0 Å². The molecule has 0 bridgehead atoms. The zero-order valence-corrected chi connectivity index (χ0v) is 29.5. The summed E-state index contributed by atoms with van der Waals surface area (Å²) >= 11 is 0. The minimum atomic E-state index is -0.359. The number of hydrogen-bond donors (Lipinski definition) is 2. The topological polar surface area (TPSA) is 111 Å². The number of furan rings is 1. The molecule has 2 aromatic heterocycles. The number of ether oxygens (including phenoxy) is 1. The number of piperazine rings is 1. The van der Waals surface area contributed by atoms with Crippen LogP contribution < -0.4 is 25.3 Å². The van der Waals surface area contributed by atoms with Gasteiger partial charge < -0.3 is 24.7 Å². The van der Waals surface area contributed by atoms with E-state index in [-0.39, 0.29) is 17.8 Å². The molecule has 2 aromatic carbocycles. The van der Waals surface area contributed by atoms with Gasteiger partial charge in [-0.1, -0.05) is 6.58 Å². The van der Waals surface area contributed by atoms with E-state index in [1.54, 1.807) is 36.6 Å². The number of carbonyl (C=O) groups is 1. The number of nitrogens with one attached hydrogen (secondary N) is 2. The first kappa shape index (κ1) is 34.1. The van der Waals surface area contributed by atoms with Crippen LogP contribution in [0.25, 0.3) is 11.3 Å². The normalized spacial score (nSPS) is 20.2.